The molecule has 2 N–H and O–H groups in total. The minimum Gasteiger partial charge on any atom is -0.380 e. The lowest BCUT2D eigenvalue weighted by atomic mass is 10.1. The van der Waals surface area contributed by atoms with Gasteiger partial charge in [-0.3, -0.25) is 10.1 Å². The fourth-order valence-corrected chi connectivity index (χ4v) is 2.01. The number of hydrogen-bond donors (Lipinski definition) is 1. The van der Waals surface area contributed by atoms with Gasteiger partial charge in [-0.05, 0) is 25.1 Å². The number of hydrogen-bond acceptors (Lipinski definition) is 5. The molecule has 0 saturated carbocycles. The molecule has 0 fully saturated rings. The minimum atomic E-state index is -0.826. The first-order chi connectivity index (χ1) is 10.9. The molecular formula is C15H12BrN3O4. The van der Waals surface area contributed by atoms with Crippen LogP contribution in [0.3, 0.4) is 0 Å². The van der Waals surface area contributed by atoms with Crippen LogP contribution in [0.2, 0.25) is 0 Å². The summed E-state index contributed by atoms with van der Waals surface area (Å²) in [5.74, 6) is -0.805. The monoisotopic (exact) mass is 377 g/mol. The molecule has 0 unspecified atom stereocenters. The van der Waals surface area contributed by atoms with E-state index in [1.54, 1.807) is 31.2 Å². The summed E-state index contributed by atoms with van der Waals surface area (Å²) >= 11 is 3.29. The van der Waals surface area contributed by atoms with E-state index in [4.69, 9.17) is 10.6 Å². The zero-order valence-corrected chi connectivity index (χ0v) is 13.6. The van der Waals surface area contributed by atoms with Gasteiger partial charge >= 0.3 is 5.97 Å². The molecule has 0 aliphatic heterocycles. The van der Waals surface area contributed by atoms with Crippen molar-refractivity contribution < 1.29 is 14.6 Å². The molecule has 0 aliphatic rings. The van der Waals surface area contributed by atoms with Crippen LogP contribution in [0.1, 0.15) is 21.5 Å². The normalized spacial score (nSPS) is 11.1. The number of oxime groups is 1. The average molecular weight is 378 g/mol. The standard InChI is InChI=1S/C15H12BrN3O4/c1-9-2-3-11(8-13(9)19(21)22)15(20)23-18-14(17)10-4-6-12(16)7-5-10/h2-8H,1H3,(H2,17,18). The van der Waals surface area contributed by atoms with E-state index >= 15 is 0 Å². The van der Waals surface area contributed by atoms with E-state index in [1.807, 2.05) is 0 Å². The molecule has 23 heavy (non-hydrogen) atoms. The number of aryl methyl sites for hydroxylation is 1. The Bertz CT molecular complexity index is 788. The largest absolute Gasteiger partial charge is 0.380 e. The first kappa shape index (κ1) is 16.6. The van der Waals surface area contributed by atoms with Crippen LogP contribution in [0.4, 0.5) is 5.69 Å². The summed E-state index contributed by atoms with van der Waals surface area (Å²) in [4.78, 5) is 27.0. The molecular weight excluding hydrogens is 366 g/mol. The third-order valence-corrected chi connectivity index (χ3v) is 3.54. The molecule has 2 aromatic rings. The highest BCUT2D eigenvalue weighted by molar-refractivity contribution is 9.10. The molecule has 0 radical (unpaired) electrons. The number of halogens is 1. The van der Waals surface area contributed by atoms with Crippen molar-refractivity contribution in [2.45, 2.75) is 6.92 Å². The van der Waals surface area contributed by atoms with Crippen molar-refractivity contribution in [3.63, 3.8) is 0 Å². The molecule has 7 nitrogen and oxygen atoms in total. The lowest BCUT2D eigenvalue weighted by Gasteiger charge is -2.03. The minimum absolute atomic E-state index is 0.0208. The fraction of sp³-hybridized carbons (Fsp3) is 0.0667. The van der Waals surface area contributed by atoms with Gasteiger partial charge in [0.2, 0.25) is 0 Å². The smallest absolute Gasteiger partial charge is 0.366 e. The number of nitro benzene ring substituents is 1. The maximum absolute atomic E-state index is 11.9. The van der Waals surface area contributed by atoms with Gasteiger partial charge in [0.05, 0.1) is 10.5 Å². The molecule has 2 aromatic carbocycles. The van der Waals surface area contributed by atoms with Crippen LogP contribution < -0.4 is 5.73 Å². The lowest BCUT2D eigenvalue weighted by molar-refractivity contribution is -0.385. The number of rotatable bonds is 4. The van der Waals surface area contributed by atoms with Crippen LogP contribution in [0, 0.1) is 17.0 Å². The SMILES string of the molecule is Cc1ccc(C(=O)ON=C(N)c2ccc(Br)cc2)cc1[N+](=O)[O-]. The molecule has 0 saturated heterocycles. The Kier molecular flexibility index (Phi) is 5.07. The summed E-state index contributed by atoms with van der Waals surface area (Å²) in [6.07, 6.45) is 0. The Hall–Kier alpha value is -2.74. The highest BCUT2D eigenvalue weighted by atomic mass is 79.9. The summed E-state index contributed by atoms with van der Waals surface area (Å²) in [6, 6.07) is 11.0. The van der Waals surface area contributed by atoms with E-state index in [9.17, 15) is 14.9 Å². The number of carbonyl (C=O) groups is 1. The van der Waals surface area contributed by atoms with Gasteiger partial charge < -0.3 is 10.6 Å². The zero-order valence-electron chi connectivity index (χ0n) is 12.0. The molecule has 118 valence electrons. The van der Waals surface area contributed by atoms with Gasteiger partial charge in [0, 0.05) is 21.7 Å². The maximum Gasteiger partial charge on any atom is 0.366 e. The van der Waals surface area contributed by atoms with Gasteiger partial charge in [0.15, 0.2) is 5.84 Å². The van der Waals surface area contributed by atoms with Crippen molar-refractivity contribution in [1.82, 2.24) is 0 Å². The molecule has 0 atom stereocenters. The Balaban J connectivity index is 2.16. The summed E-state index contributed by atoms with van der Waals surface area (Å²) < 4.78 is 0.873. The topological polar surface area (TPSA) is 108 Å². The van der Waals surface area contributed by atoms with E-state index in [0.717, 1.165) is 10.5 Å². The van der Waals surface area contributed by atoms with Crippen LogP contribution in [0.15, 0.2) is 52.1 Å². The first-order valence-corrected chi connectivity index (χ1v) is 7.23. The molecule has 0 bridgehead atoms. The van der Waals surface area contributed by atoms with E-state index < -0.39 is 10.9 Å². The number of carbonyl (C=O) groups excluding carboxylic acids is 1. The van der Waals surface area contributed by atoms with Crippen LogP contribution in [0.5, 0.6) is 0 Å². The van der Waals surface area contributed by atoms with Crippen molar-refractivity contribution in [2.75, 3.05) is 0 Å². The highest BCUT2D eigenvalue weighted by Gasteiger charge is 2.16. The van der Waals surface area contributed by atoms with Gasteiger partial charge in [0.1, 0.15) is 0 Å². The molecule has 0 amide bonds. The number of amidine groups is 1. The van der Waals surface area contributed by atoms with E-state index in [0.29, 0.717) is 11.1 Å². The Morgan fingerprint density at radius 3 is 2.43 bits per heavy atom. The summed E-state index contributed by atoms with van der Waals surface area (Å²) in [5, 5.41) is 14.4. The third kappa shape index (κ3) is 4.13. The second-order valence-electron chi connectivity index (χ2n) is 4.62. The second-order valence-corrected chi connectivity index (χ2v) is 5.54. The van der Waals surface area contributed by atoms with Crippen LogP contribution in [0.25, 0.3) is 0 Å². The lowest BCUT2D eigenvalue weighted by Crippen LogP contribution is -2.15. The third-order valence-electron chi connectivity index (χ3n) is 3.01. The van der Waals surface area contributed by atoms with Gasteiger partial charge in [-0.25, -0.2) is 4.79 Å². The summed E-state index contributed by atoms with van der Waals surface area (Å²) in [7, 11) is 0. The Morgan fingerprint density at radius 1 is 1.22 bits per heavy atom. The fourth-order valence-electron chi connectivity index (χ4n) is 1.75. The van der Waals surface area contributed by atoms with Crippen molar-refractivity contribution >= 4 is 33.4 Å². The number of nitro groups is 1. The predicted molar refractivity (Wildman–Crippen MR) is 88.1 cm³/mol. The van der Waals surface area contributed by atoms with Crippen molar-refractivity contribution in [3.05, 3.63) is 73.7 Å². The number of nitrogens with zero attached hydrogens (tertiary/aromatic N) is 2. The van der Waals surface area contributed by atoms with E-state index in [1.165, 1.54) is 12.1 Å². The number of benzene rings is 2. The molecule has 0 aromatic heterocycles. The summed E-state index contributed by atoms with van der Waals surface area (Å²) in [6.45, 7) is 1.58. The van der Waals surface area contributed by atoms with Crippen LogP contribution in [-0.2, 0) is 4.84 Å². The van der Waals surface area contributed by atoms with E-state index in [-0.39, 0.29) is 17.1 Å². The molecule has 0 spiro atoms. The number of nitrogens with two attached hydrogens (primary N) is 1. The predicted octanol–water partition coefficient (Wildman–Crippen LogP) is 3.14. The Labute approximate surface area is 140 Å². The van der Waals surface area contributed by atoms with E-state index in [2.05, 4.69) is 21.1 Å². The summed E-state index contributed by atoms with van der Waals surface area (Å²) in [5.41, 5.74) is 6.61. The van der Waals surface area contributed by atoms with Crippen molar-refractivity contribution in [3.8, 4) is 0 Å². The van der Waals surface area contributed by atoms with Gasteiger partial charge in [-0.2, -0.15) is 0 Å². The maximum atomic E-state index is 11.9. The quantitative estimate of drug-likeness (QED) is 0.289. The molecule has 8 heteroatoms. The van der Waals surface area contributed by atoms with Crippen molar-refractivity contribution in [2.24, 2.45) is 10.9 Å². The highest BCUT2D eigenvalue weighted by Crippen LogP contribution is 2.19. The first-order valence-electron chi connectivity index (χ1n) is 6.44. The van der Waals surface area contributed by atoms with Gasteiger partial charge in [-0.1, -0.05) is 39.3 Å². The molecule has 0 aliphatic carbocycles. The van der Waals surface area contributed by atoms with Gasteiger partial charge in [-0.15, -0.1) is 0 Å². The van der Waals surface area contributed by atoms with Crippen molar-refractivity contribution in [1.29, 1.82) is 0 Å². The second kappa shape index (κ2) is 7.01. The average Bonchev–Trinajstić information content (AvgIpc) is 2.53. The Morgan fingerprint density at radius 2 is 1.83 bits per heavy atom. The molecule has 0 heterocycles. The van der Waals surface area contributed by atoms with Crippen LogP contribution >= 0.6 is 15.9 Å². The zero-order chi connectivity index (χ0) is 17.0. The van der Waals surface area contributed by atoms with Gasteiger partial charge in [0.25, 0.3) is 5.69 Å². The van der Waals surface area contributed by atoms with Crippen LogP contribution in [-0.4, -0.2) is 16.7 Å². The molecule has 2 rings (SSSR count).